The number of hydrogen-bond donors (Lipinski definition) is 1. The van der Waals surface area contributed by atoms with E-state index >= 15 is 0 Å². The molecule has 24 heavy (non-hydrogen) atoms. The molecule has 1 fully saturated rings. The molecule has 0 spiro atoms. The van der Waals surface area contributed by atoms with Crippen molar-refractivity contribution >= 4 is 23.4 Å². The number of piperazine rings is 1. The lowest BCUT2D eigenvalue weighted by Crippen LogP contribution is -2.48. The molecule has 3 rings (SSSR count). The van der Waals surface area contributed by atoms with Crippen molar-refractivity contribution in [1.29, 1.82) is 0 Å². The molecule has 1 aromatic heterocycles. The zero-order chi connectivity index (χ0) is 16.8. The van der Waals surface area contributed by atoms with Crippen LogP contribution < -0.4 is 5.32 Å². The molecule has 0 saturated carbocycles. The summed E-state index contributed by atoms with van der Waals surface area (Å²) in [4.78, 5) is 17.9. The summed E-state index contributed by atoms with van der Waals surface area (Å²) in [6.07, 6.45) is 3.75. The Labute approximate surface area is 147 Å². The number of anilines is 1. The first-order valence-electron chi connectivity index (χ1n) is 8.14. The van der Waals surface area contributed by atoms with E-state index in [1.165, 1.54) is 4.90 Å². The van der Waals surface area contributed by atoms with E-state index in [1.807, 2.05) is 42.7 Å². The minimum Gasteiger partial charge on any atom is -0.468 e. The molecule has 1 aliphatic rings. The summed E-state index contributed by atoms with van der Waals surface area (Å²) in [5.74, 6) is 1.04. The van der Waals surface area contributed by atoms with Gasteiger partial charge in [-0.3, -0.25) is 14.6 Å². The summed E-state index contributed by atoms with van der Waals surface area (Å²) >= 11 is 1.69. The SMILES string of the molecule is CSc1ccc(NC(=O)CN2CCN(Cc3ccco3)CC2)cc1. The predicted molar refractivity (Wildman–Crippen MR) is 97.3 cm³/mol. The number of benzene rings is 1. The molecule has 128 valence electrons. The van der Waals surface area contributed by atoms with Gasteiger partial charge in [0.25, 0.3) is 0 Å². The van der Waals surface area contributed by atoms with E-state index in [2.05, 4.69) is 15.1 Å². The minimum absolute atomic E-state index is 0.0476. The van der Waals surface area contributed by atoms with Crippen molar-refractivity contribution in [3.8, 4) is 0 Å². The van der Waals surface area contributed by atoms with Crippen molar-refractivity contribution in [3.63, 3.8) is 0 Å². The number of nitrogens with one attached hydrogen (secondary N) is 1. The summed E-state index contributed by atoms with van der Waals surface area (Å²) in [7, 11) is 0. The Morgan fingerprint density at radius 3 is 2.46 bits per heavy atom. The lowest BCUT2D eigenvalue weighted by molar-refractivity contribution is -0.117. The number of amides is 1. The van der Waals surface area contributed by atoms with Crippen LogP contribution in [0.15, 0.2) is 52.0 Å². The summed E-state index contributed by atoms with van der Waals surface area (Å²) in [6.45, 7) is 5.00. The van der Waals surface area contributed by atoms with Crippen LogP contribution in [0.5, 0.6) is 0 Å². The Bertz CT molecular complexity index is 635. The van der Waals surface area contributed by atoms with Gasteiger partial charge in [0.1, 0.15) is 5.76 Å². The average Bonchev–Trinajstić information content (AvgIpc) is 3.10. The Morgan fingerprint density at radius 2 is 1.83 bits per heavy atom. The maximum atomic E-state index is 12.2. The molecular formula is C18H23N3O2S. The van der Waals surface area contributed by atoms with Crippen molar-refractivity contribution < 1.29 is 9.21 Å². The molecule has 2 aromatic rings. The second kappa shape index (κ2) is 8.37. The highest BCUT2D eigenvalue weighted by atomic mass is 32.2. The van der Waals surface area contributed by atoms with Crippen molar-refractivity contribution in [2.75, 3.05) is 44.3 Å². The second-order valence-corrected chi connectivity index (χ2v) is 6.79. The van der Waals surface area contributed by atoms with Gasteiger partial charge in [-0.1, -0.05) is 0 Å². The summed E-state index contributed by atoms with van der Waals surface area (Å²) in [5, 5.41) is 2.97. The second-order valence-electron chi connectivity index (χ2n) is 5.91. The highest BCUT2D eigenvalue weighted by Crippen LogP contribution is 2.17. The largest absolute Gasteiger partial charge is 0.468 e. The lowest BCUT2D eigenvalue weighted by Gasteiger charge is -2.33. The smallest absolute Gasteiger partial charge is 0.238 e. The molecule has 0 unspecified atom stereocenters. The Kier molecular flexibility index (Phi) is 5.96. The fourth-order valence-electron chi connectivity index (χ4n) is 2.81. The molecule has 1 amide bonds. The van der Waals surface area contributed by atoms with E-state index < -0.39 is 0 Å². The van der Waals surface area contributed by atoms with Crippen LogP contribution in [0.3, 0.4) is 0 Å². The van der Waals surface area contributed by atoms with Crippen molar-refractivity contribution in [2.24, 2.45) is 0 Å². The molecule has 0 aliphatic carbocycles. The Hall–Kier alpha value is -1.76. The van der Waals surface area contributed by atoms with Gasteiger partial charge in [0.05, 0.1) is 19.4 Å². The molecule has 0 atom stereocenters. The van der Waals surface area contributed by atoms with Gasteiger partial charge in [-0.05, 0) is 42.7 Å². The summed E-state index contributed by atoms with van der Waals surface area (Å²) < 4.78 is 5.39. The fraction of sp³-hybridized carbons (Fsp3) is 0.389. The normalized spacial score (nSPS) is 16.2. The monoisotopic (exact) mass is 345 g/mol. The Morgan fingerprint density at radius 1 is 1.12 bits per heavy atom. The van der Waals surface area contributed by atoms with Crippen molar-refractivity contribution in [1.82, 2.24) is 9.80 Å². The third kappa shape index (κ3) is 4.87. The van der Waals surface area contributed by atoms with Crippen LogP contribution in [0, 0.1) is 0 Å². The predicted octanol–water partition coefficient (Wildman–Crippen LogP) is 2.76. The quantitative estimate of drug-likeness (QED) is 0.816. The molecule has 1 N–H and O–H groups in total. The van der Waals surface area contributed by atoms with Crippen LogP contribution >= 0.6 is 11.8 Å². The topological polar surface area (TPSA) is 48.7 Å². The zero-order valence-electron chi connectivity index (χ0n) is 13.9. The number of carbonyl (C=O) groups excluding carboxylic acids is 1. The van der Waals surface area contributed by atoms with Crippen LogP contribution in [-0.2, 0) is 11.3 Å². The molecule has 0 bridgehead atoms. The molecular weight excluding hydrogens is 322 g/mol. The van der Waals surface area contributed by atoms with E-state index in [1.54, 1.807) is 18.0 Å². The zero-order valence-corrected chi connectivity index (χ0v) is 14.7. The van der Waals surface area contributed by atoms with E-state index in [0.717, 1.165) is 44.2 Å². The van der Waals surface area contributed by atoms with Gasteiger partial charge in [0.2, 0.25) is 5.91 Å². The van der Waals surface area contributed by atoms with Crippen LogP contribution in [0.2, 0.25) is 0 Å². The summed E-state index contributed by atoms with van der Waals surface area (Å²) in [5.41, 5.74) is 0.856. The van der Waals surface area contributed by atoms with Crippen LogP contribution in [0.4, 0.5) is 5.69 Å². The van der Waals surface area contributed by atoms with Gasteiger partial charge in [0, 0.05) is 36.8 Å². The summed E-state index contributed by atoms with van der Waals surface area (Å²) in [6, 6.07) is 11.9. The van der Waals surface area contributed by atoms with Gasteiger partial charge in [-0.25, -0.2) is 0 Å². The number of carbonyl (C=O) groups is 1. The maximum absolute atomic E-state index is 12.2. The van der Waals surface area contributed by atoms with Gasteiger partial charge in [-0.15, -0.1) is 11.8 Å². The van der Waals surface area contributed by atoms with Gasteiger partial charge >= 0.3 is 0 Å². The van der Waals surface area contributed by atoms with Gasteiger partial charge in [-0.2, -0.15) is 0 Å². The van der Waals surface area contributed by atoms with Crippen LogP contribution in [-0.4, -0.2) is 54.7 Å². The molecule has 1 aliphatic heterocycles. The van der Waals surface area contributed by atoms with Crippen molar-refractivity contribution in [3.05, 3.63) is 48.4 Å². The third-order valence-electron chi connectivity index (χ3n) is 4.17. The first-order valence-corrected chi connectivity index (χ1v) is 9.36. The number of nitrogens with zero attached hydrogens (tertiary/aromatic N) is 2. The average molecular weight is 345 g/mol. The molecule has 1 saturated heterocycles. The number of thioether (sulfide) groups is 1. The van der Waals surface area contributed by atoms with E-state index in [0.29, 0.717) is 6.54 Å². The lowest BCUT2D eigenvalue weighted by atomic mass is 10.3. The standard InChI is InChI=1S/C18H23N3O2S/c1-24-17-6-4-15(5-7-17)19-18(22)14-21-10-8-20(9-11-21)13-16-3-2-12-23-16/h2-7,12H,8-11,13-14H2,1H3,(H,19,22). The highest BCUT2D eigenvalue weighted by molar-refractivity contribution is 7.98. The van der Waals surface area contributed by atoms with Crippen molar-refractivity contribution in [2.45, 2.75) is 11.4 Å². The van der Waals surface area contributed by atoms with E-state index in [4.69, 9.17) is 4.42 Å². The maximum Gasteiger partial charge on any atom is 0.238 e. The highest BCUT2D eigenvalue weighted by Gasteiger charge is 2.19. The van der Waals surface area contributed by atoms with Gasteiger partial charge < -0.3 is 9.73 Å². The van der Waals surface area contributed by atoms with Crippen LogP contribution in [0.25, 0.3) is 0 Å². The van der Waals surface area contributed by atoms with Gasteiger partial charge in [0.15, 0.2) is 0 Å². The number of hydrogen-bond acceptors (Lipinski definition) is 5. The van der Waals surface area contributed by atoms with E-state index in [-0.39, 0.29) is 5.91 Å². The minimum atomic E-state index is 0.0476. The Balaban J connectivity index is 1.41. The van der Waals surface area contributed by atoms with Crippen LogP contribution in [0.1, 0.15) is 5.76 Å². The first kappa shape index (κ1) is 17.1. The van der Waals surface area contributed by atoms with E-state index in [9.17, 15) is 4.79 Å². The molecule has 6 heteroatoms. The molecule has 2 heterocycles. The number of rotatable bonds is 6. The fourth-order valence-corrected chi connectivity index (χ4v) is 3.21. The first-order chi connectivity index (χ1) is 11.7. The molecule has 0 radical (unpaired) electrons. The molecule has 1 aromatic carbocycles. The molecule has 5 nitrogen and oxygen atoms in total. The number of furan rings is 1. The third-order valence-corrected chi connectivity index (χ3v) is 4.91.